The molecule has 0 aliphatic rings. The molecule has 0 aliphatic heterocycles. The third-order valence-electron chi connectivity index (χ3n) is 5.13. The van der Waals surface area contributed by atoms with Crippen LogP contribution in [0.25, 0.3) is 22.0 Å². The monoisotopic (exact) mass is 467 g/mol. The van der Waals surface area contributed by atoms with E-state index in [1.165, 1.54) is 12.1 Å². The van der Waals surface area contributed by atoms with Crippen LogP contribution in [0.5, 0.6) is 11.5 Å². The molecular weight excluding hydrogens is 446 g/mol. The highest BCUT2D eigenvalue weighted by Crippen LogP contribution is 2.36. The van der Waals surface area contributed by atoms with Crippen molar-refractivity contribution >= 4 is 32.3 Å². The lowest BCUT2D eigenvalue weighted by Crippen LogP contribution is -2.08. The molecule has 0 saturated carbocycles. The van der Waals surface area contributed by atoms with E-state index in [0.717, 1.165) is 27.6 Å². The van der Waals surface area contributed by atoms with Crippen molar-refractivity contribution < 1.29 is 18.3 Å². The minimum Gasteiger partial charge on any atom is -0.457 e. The molecular formula is C25H22ClNO4S. The molecule has 164 valence electrons. The molecule has 0 atom stereocenters. The van der Waals surface area contributed by atoms with Crippen LogP contribution >= 0.6 is 11.6 Å². The SMILES string of the molecule is Cc1cnc2c(Cl)cccc2c1-c1cccc(Oc2cccc(S(=O)(=O)CCCO)c2)c1. The number of hydrogen-bond acceptors (Lipinski definition) is 5. The van der Waals surface area contributed by atoms with Gasteiger partial charge in [0.2, 0.25) is 0 Å². The van der Waals surface area contributed by atoms with Crippen LogP contribution in [0.1, 0.15) is 12.0 Å². The van der Waals surface area contributed by atoms with Gasteiger partial charge in [0.15, 0.2) is 9.84 Å². The first-order valence-corrected chi connectivity index (χ1v) is 12.2. The predicted molar refractivity (Wildman–Crippen MR) is 127 cm³/mol. The highest BCUT2D eigenvalue weighted by atomic mass is 35.5. The smallest absolute Gasteiger partial charge is 0.178 e. The number of hydrogen-bond donors (Lipinski definition) is 1. The van der Waals surface area contributed by atoms with Crippen LogP contribution in [0.2, 0.25) is 5.02 Å². The Labute approximate surface area is 192 Å². The molecule has 1 heterocycles. The maximum atomic E-state index is 12.4. The Morgan fingerprint density at radius 3 is 2.50 bits per heavy atom. The largest absolute Gasteiger partial charge is 0.457 e. The first kappa shape index (κ1) is 22.3. The number of aliphatic hydroxyl groups is 1. The quantitative estimate of drug-likeness (QED) is 0.371. The second kappa shape index (κ2) is 9.28. The molecule has 0 aliphatic carbocycles. The molecule has 0 fully saturated rings. The summed E-state index contributed by atoms with van der Waals surface area (Å²) in [5.74, 6) is 0.893. The number of aryl methyl sites for hydroxylation is 1. The zero-order chi connectivity index (χ0) is 22.7. The first-order chi connectivity index (χ1) is 15.4. The number of aromatic nitrogens is 1. The summed E-state index contributed by atoms with van der Waals surface area (Å²) in [7, 11) is -3.48. The van der Waals surface area contributed by atoms with Crippen molar-refractivity contribution in [3.8, 4) is 22.6 Å². The van der Waals surface area contributed by atoms with Gasteiger partial charge in [-0.3, -0.25) is 4.98 Å². The van der Waals surface area contributed by atoms with E-state index in [-0.39, 0.29) is 23.7 Å². The molecule has 0 unspecified atom stereocenters. The number of rotatable bonds is 7. The second-order valence-corrected chi connectivity index (χ2v) is 9.97. The van der Waals surface area contributed by atoms with Gasteiger partial charge in [0.25, 0.3) is 0 Å². The highest BCUT2D eigenvalue weighted by molar-refractivity contribution is 7.91. The molecule has 4 rings (SSSR count). The second-order valence-electron chi connectivity index (χ2n) is 7.45. The third kappa shape index (κ3) is 4.63. The van der Waals surface area contributed by atoms with Crippen molar-refractivity contribution in [2.75, 3.05) is 12.4 Å². The van der Waals surface area contributed by atoms with Crippen LogP contribution in [-0.4, -0.2) is 30.9 Å². The van der Waals surface area contributed by atoms with E-state index >= 15 is 0 Å². The maximum Gasteiger partial charge on any atom is 0.178 e. The van der Waals surface area contributed by atoms with Crippen LogP contribution in [0, 0.1) is 6.92 Å². The van der Waals surface area contributed by atoms with Gasteiger partial charge in [0.1, 0.15) is 11.5 Å². The number of para-hydroxylation sites is 1. The summed E-state index contributed by atoms with van der Waals surface area (Å²) in [5, 5.41) is 10.5. The van der Waals surface area contributed by atoms with Gasteiger partial charge in [0.05, 0.1) is 21.2 Å². The van der Waals surface area contributed by atoms with Gasteiger partial charge in [-0.1, -0.05) is 41.9 Å². The van der Waals surface area contributed by atoms with Crippen molar-refractivity contribution in [2.24, 2.45) is 0 Å². The van der Waals surface area contributed by atoms with Gasteiger partial charge < -0.3 is 9.84 Å². The number of fused-ring (bicyclic) bond motifs is 1. The Morgan fingerprint density at radius 1 is 1.00 bits per heavy atom. The normalized spacial score (nSPS) is 11.6. The van der Waals surface area contributed by atoms with Gasteiger partial charge in [-0.25, -0.2) is 8.42 Å². The van der Waals surface area contributed by atoms with Gasteiger partial charge in [-0.15, -0.1) is 0 Å². The van der Waals surface area contributed by atoms with E-state index < -0.39 is 9.84 Å². The average molecular weight is 468 g/mol. The molecule has 1 aromatic heterocycles. The number of sulfone groups is 1. The molecule has 0 amide bonds. The van der Waals surface area contributed by atoms with Gasteiger partial charge in [0, 0.05) is 18.2 Å². The molecule has 32 heavy (non-hydrogen) atoms. The van der Waals surface area contributed by atoms with Gasteiger partial charge in [-0.2, -0.15) is 0 Å². The van der Waals surface area contributed by atoms with Crippen LogP contribution in [0.4, 0.5) is 0 Å². The Balaban J connectivity index is 1.69. The zero-order valence-corrected chi connectivity index (χ0v) is 19.0. The number of nitrogens with zero attached hydrogens (tertiary/aromatic N) is 1. The maximum absolute atomic E-state index is 12.4. The van der Waals surface area contributed by atoms with Crippen LogP contribution < -0.4 is 4.74 Å². The Morgan fingerprint density at radius 2 is 1.72 bits per heavy atom. The highest BCUT2D eigenvalue weighted by Gasteiger charge is 2.15. The molecule has 5 nitrogen and oxygen atoms in total. The number of benzene rings is 3. The van der Waals surface area contributed by atoms with Crippen LogP contribution in [0.15, 0.2) is 77.8 Å². The Bertz CT molecular complexity index is 1390. The summed E-state index contributed by atoms with van der Waals surface area (Å²) in [6, 6.07) is 19.7. The topological polar surface area (TPSA) is 76.5 Å². The van der Waals surface area contributed by atoms with Gasteiger partial charge in [-0.05, 0) is 66.4 Å². The molecule has 0 radical (unpaired) electrons. The lowest BCUT2D eigenvalue weighted by atomic mass is 9.97. The minimum atomic E-state index is -3.48. The number of aliphatic hydroxyl groups excluding tert-OH is 1. The van der Waals surface area contributed by atoms with Crippen molar-refractivity contribution in [1.82, 2.24) is 4.98 Å². The first-order valence-electron chi connectivity index (χ1n) is 10.1. The standard InChI is InChI=1S/C25H22ClNO4S/c1-17-16-27-25-22(10-4-11-23(25)26)24(17)18-6-2-7-19(14-18)31-20-8-3-9-21(15-20)32(29,30)13-5-12-28/h2-4,6-11,14-16,28H,5,12-13H2,1H3. The summed E-state index contributed by atoms with van der Waals surface area (Å²) >= 11 is 6.34. The lowest BCUT2D eigenvalue weighted by Gasteiger charge is -2.13. The fourth-order valence-electron chi connectivity index (χ4n) is 3.62. The summed E-state index contributed by atoms with van der Waals surface area (Å²) in [5.41, 5.74) is 3.71. The van der Waals surface area contributed by atoms with E-state index in [0.29, 0.717) is 16.5 Å². The fourth-order valence-corrected chi connectivity index (χ4v) is 5.17. The van der Waals surface area contributed by atoms with Gasteiger partial charge >= 0.3 is 0 Å². The van der Waals surface area contributed by atoms with Crippen molar-refractivity contribution in [3.05, 3.63) is 83.5 Å². The fraction of sp³-hybridized carbons (Fsp3) is 0.160. The summed E-state index contributed by atoms with van der Waals surface area (Å²) in [6.45, 7) is 1.83. The Kier molecular flexibility index (Phi) is 6.46. The minimum absolute atomic E-state index is 0.112. The van der Waals surface area contributed by atoms with E-state index in [4.69, 9.17) is 21.4 Å². The molecule has 0 bridgehead atoms. The molecule has 1 N–H and O–H groups in total. The van der Waals surface area contributed by atoms with E-state index in [1.54, 1.807) is 18.3 Å². The number of halogens is 1. The summed E-state index contributed by atoms with van der Waals surface area (Å²) in [4.78, 5) is 4.65. The van der Waals surface area contributed by atoms with Crippen molar-refractivity contribution in [1.29, 1.82) is 0 Å². The van der Waals surface area contributed by atoms with E-state index in [9.17, 15) is 8.42 Å². The number of ether oxygens (including phenoxy) is 1. The zero-order valence-electron chi connectivity index (χ0n) is 17.5. The average Bonchev–Trinajstić information content (AvgIpc) is 2.78. The molecule has 0 spiro atoms. The summed E-state index contributed by atoms with van der Waals surface area (Å²) in [6.07, 6.45) is 2.00. The van der Waals surface area contributed by atoms with Crippen molar-refractivity contribution in [2.45, 2.75) is 18.2 Å². The van der Waals surface area contributed by atoms with Crippen LogP contribution in [-0.2, 0) is 9.84 Å². The molecule has 3 aromatic carbocycles. The molecule has 0 saturated heterocycles. The predicted octanol–water partition coefficient (Wildman–Crippen LogP) is 5.81. The molecule has 7 heteroatoms. The van der Waals surface area contributed by atoms with E-state index in [1.807, 2.05) is 49.4 Å². The third-order valence-corrected chi connectivity index (χ3v) is 7.24. The van der Waals surface area contributed by atoms with Crippen LogP contribution in [0.3, 0.4) is 0 Å². The Hall–Kier alpha value is -2.93. The lowest BCUT2D eigenvalue weighted by molar-refractivity contribution is 0.295. The summed E-state index contributed by atoms with van der Waals surface area (Å²) < 4.78 is 30.9. The van der Waals surface area contributed by atoms with Crippen molar-refractivity contribution in [3.63, 3.8) is 0 Å². The number of pyridine rings is 1. The van der Waals surface area contributed by atoms with E-state index in [2.05, 4.69) is 4.98 Å². The molecule has 4 aromatic rings.